The molecule has 5 nitrogen and oxygen atoms in total. The second kappa shape index (κ2) is 6.36. The van der Waals surface area contributed by atoms with E-state index in [2.05, 4.69) is 0 Å². The fourth-order valence-electron chi connectivity index (χ4n) is 1.93. The van der Waals surface area contributed by atoms with E-state index in [4.69, 9.17) is 10.5 Å². The number of nitrogens with two attached hydrogens (primary N) is 1. The number of nitrogens with zero attached hydrogens (tertiary/aromatic N) is 1. The first-order chi connectivity index (χ1) is 8.80. The molecule has 0 fully saturated rings. The van der Waals surface area contributed by atoms with Crippen LogP contribution in [-0.4, -0.2) is 39.0 Å². The van der Waals surface area contributed by atoms with E-state index in [0.717, 1.165) is 0 Å². The molecule has 0 radical (unpaired) electrons. The van der Waals surface area contributed by atoms with Crippen LogP contribution in [0.5, 0.6) is 0 Å². The monoisotopic (exact) mass is 286 g/mol. The van der Waals surface area contributed by atoms with E-state index in [9.17, 15) is 8.42 Å². The number of aryl methyl sites for hydroxylation is 1. The van der Waals surface area contributed by atoms with Crippen molar-refractivity contribution in [3.05, 3.63) is 23.8 Å². The number of nitrogen functional groups attached to an aromatic ring is 1. The standard InChI is InChI=1S/C13H22N2O3S/c1-10(2)15(7-8-18-4)19(16,17)13-6-5-12(14)9-11(13)3/h5-6,9-10H,7-8,14H2,1-4H3. The third-order valence-corrected chi connectivity index (χ3v) is 5.11. The molecule has 0 aliphatic rings. The molecule has 0 bridgehead atoms. The summed E-state index contributed by atoms with van der Waals surface area (Å²) in [5, 5.41) is 0. The maximum atomic E-state index is 12.6. The maximum Gasteiger partial charge on any atom is 0.243 e. The Morgan fingerprint density at radius 1 is 1.37 bits per heavy atom. The van der Waals surface area contributed by atoms with Crippen molar-refractivity contribution in [1.82, 2.24) is 4.31 Å². The summed E-state index contributed by atoms with van der Waals surface area (Å²) in [7, 11) is -1.97. The SMILES string of the molecule is COCCN(C(C)C)S(=O)(=O)c1ccc(N)cc1C. The lowest BCUT2D eigenvalue weighted by Gasteiger charge is -2.26. The maximum absolute atomic E-state index is 12.6. The van der Waals surface area contributed by atoms with Gasteiger partial charge < -0.3 is 10.5 Å². The highest BCUT2D eigenvalue weighted by atomic mass is 32.2. The van der Waals surface area contributed by atoms with E-state index in [1.54, 1.807) is 32.2 Å². The predicted octanol–water partition coefficient (Wildman–Crippen LogP) is 1.62. The lowest BCUT2D eigenvalue weighted by atomic mass is 10.2. The van der Waals surface area contributed by atoms with Crippen molar-refractivity contribution in [2.45, 2.75) is 31.7 Å². The molecule has 0 heterocycles. The summed E-state index contributed by atoms with van der Waals surface area (Å²) in [6.07, 6.45) is 0. The van der Waals surface area contributed by atoms with E-state index in [0.29, 0.717) is 29.3 Å². The fourth-order valence-corrected chi connectivity index (χ4v) is 3.75. The molecule has 0 amide bonds. The number of rotatable bonds is 6. The summed E-state index contributed by atoms with van der Waals surface area (Å²) < 4.78 is 31.7. The lowest BCUT2D eigenvalue weighted by Crippen LogP contribution is -2.39. The molecule has 1 aromatic carbocycles. The highest BCUT2D eigenvalue weighted by Gasteiger charge is 2.27. The summed E-state index contributed by atoms with van der Waals surface area (Å²) in [6.45, 7) is 6.14. The van der Waals surface area contributed by atoms with Gasteiger partial charge in [-0.2, -0.15) is 4.31 Å². The molecule has 0 spiro atoms. The molecule has 0 saturated carbocycles. The van der Waals surface area contributed by atoms with Gasteiger partial charge in [-0.1, -0.05) is 0 Å². The smallest absolute Gasteiger partial charge is 0.243 e. The fraction of sp³-hybridized carbons (Fsp3) is 0.538. The zero-order valence-corrected chi connectivity index (χ0v) is 12.7. The summed E-state index contributed by atoms with van der Waals surface area (Å²) in [5.74, 6) is 0. The van der Waals surface area contributed by atoms with Crippen molar-refractivity contribution in [2.75, 3.05) is 26.0 Å². The summed E-state index contributed by atoms with van der Waals surface area (Å²) in [5.41, 5.74) is 6.87. The largest absolute Gasteiger partial charge is 0.399 e. The summed E-state index contributed by atoms with van der Waals surface area (Å²) in [4.78, 5) is 0.298. The van der Waals surface area contributed by atoms with Crippen LogP contribution in [0.3, 0.4) is 0 Å². The van der Waals surface area contributed by atoms with E-state index < -0.39 is 10.0 Å². The molecule has 0 aromatic heterocycles. The van der Waals surface area contributed by atoms with Crippen LogP contribution in [-0.2, 0) is 14.8 Å². The van der Waals surface area contributed by atoms with Gasteiger partial charge in [0, 0.05) is 25.4 Å². The summed E-state index contributed by atoms with van der Waals surface area (Å²) in [6, 6.07) is 4.70. The van der Waals surface area contributed by atoms with E-state index in [-0.39, 0.29) is 6.04 Å². The van der Waals surface area contributed by atoms with E-state index in [1.165, 1.54) is 4.31 Å². The van der Waals surface area contributed by atoms with Crippen molar-refractivity contribution >= 4 is 15.7 Å². The Balaban J connectivity index is 3.19. The minimum Gasteiger partial charge on any atom is -0.399 e. The molecular weight excluding hydrogens is 264 g/mol. The van der Waals surface area contributed by atoms with Gasteiger partial charge in [0.1, 0.15) is 0 Å². The Morgan fingerprint density at radius 3 is 2.47 bits per heavy atom. The van der Waals surface area contributed by atoms with Gasteiger partial charge in [-0.25, -0.2) is 8.42 Å². The van der Waals surface area contributed by atoms with Crippen molar-refractivity contribution in [3.63, 3.8) is 0 Å². The number of ether oxygens (including phenoxy) is 1. The van der Waals surface area contributed by atoms with Crippen molar-refractivity contribution in [1.29, 1.82) is 0 Å². The highest BCUT2D eigenvalue weighted by molar-refractivity contribution is 7.89. The van der Waals surface area contributed by atoms with Crippen molar-refractivity contribution in [3.8, 4) is 0 Å². The molecule has 19 heavy (non-hydrogen) atoms. The number of hydrogen-bond donors (Lipinski definition) is 1. The highest BCUT2D eigenvalue weighted by Crippen LogP contribution is 2.23. The quantitative estimate of drug-likeness (QED) is 0.807. The van der Waals surface area contributed by atoms with Crippen LogP contribution in [0.25, 0.3) is 0 Å². The Bertz CT molecular complexity index is 527. The molecule has 1 aromatic rings. The molecule has 0 atom stereocenters. The second-order valence-corrected chi connectivity index (χ2v) is 6.59. The zero-order chi connectivity index (χ0) is 14.6. The molecule has 1 rings (SSSR count). The van der Waals surface area contributed by atoms with E-state index in [1.807, 2.05) is 13.8 Å². The number of hydrogen-bond acceptors (Lipinski definition) is 4. The van der Waals surface area contributed by atoms with Crippen LogP contribution in [0, 0.1) is 6.92 Å². The predicted molar refractivity (Wildman–Crippen MR) is 76.5 cm³/mol. The Kier molecular flexibility index (Phi) is 5.34. The minimum absolute atomic E-state index is 0.128. The molecule has 0 unspecified atom stereocenters. The van der Waals surface area contributed by atoms with Gasteiger partial charge in [-0.05, 0) is 44.5 Å². The Morgan fingerprint density at radius 2 is 2.00 bits per heavy atom. The van der Waals surface area contributed by atoms with E-state index >= 15 is 0 Å². The molecule has 6 heteroatoms. The van der Waals surface area contributed by atoms with Gasteiger partial charge in [0.2, 0.25) is 10.0 Å². The number of anilines is 1. The minimum atomic E-state index is -3.52. The third kappa shape index (κ3) is 3.68. The molecule has 0 aliphatic heterocycles. The van der Waals surface area contributed by atoms with Crippen LogP contribution >= 0.6 is 0 Å². The van der Waals surface area contributed by atoms with Crippen molar-refractivity contribution in [2.24, 2.45) is 0 Å². The van der Waals surface area contributed by atoms with Crippen LogP contribution in [0.2, 0.25) is 0 Å². The Labute approximate surface area is 115 Å². The van der Waals surface area contributed by atoms with Gasteiger partial charge in [0.25, 0.3) is 0 Å². The van der Waals surface area contributed by atoms with Crippen LogP contribution in [0.15, 0.2) is 23.1 Å². The van der Waals surface area contributed by atoms with Crippen LogP contribution < -0.4 is 5.73 Å². The first kappa shape index (κ1) is 15.9. The number of methoxy groups -OCH3 is 1. The van der Waals surface area contributed by atoms with Gasteiger partial charge in [0.15, 0.2) is 0 Å². The first-order valence-corrected chi connectivity index (χ1v) is 7.61. The van der Waals surface area contributed by atoms with Gasteiger partial charge in [-0.15, -0.1) is 0 Å². The second-order valence-electron chi connectivity index (χ2n) is 4.73. The molecular formula is C13H22N2O3S. The third-order valence-electron chi connectivity index (χ3n) is 2.88. The normalized spacial score (nSPS) is 12.3. The first-order valence-electron chi connectivity index (χ1n) is 6.17. The number of sulfonamides is 1. The molecule has 2 N–H and O–H groups in total. The zero-order valence-electron chi connectivity index (χ0n) is 11.9. The summed E-state index contributed by atoms with van der Waals surface area (Å²) >= 11 is 0. The van der Waals surface area contributed by atoms with Crippen molar-refractivity contribution < 1.29 is 13.2 Å². The molecule has 108 valence electrons. The van der Waals surface area contributed by atoms with Gasteiger partial charge >= 0.3 is 0 Å². The molecule has 0 saturated heterocycles. The van der Waals surface area contributed by atoms with Gasteiger partial charge in [-0.3, -0.25) is 0 Å². The Hall–Kier alpha value is -1.11. The average Bonchev–Trinajstić information content (AvgIpc) is 2.27. The molecule has 0 aliphatic carbocycles. The van der Waals surface area contributed by atoms with Gasteiger partial charge in [0.05, 0.1) is 11.5 Å². The topological polar surface area (TPSA) is 72.6 Å². The number of benzene rings is 1. The van der Waals surface area contributed by atoms with Crippen LogP contribution in [0.4, 0.5) is 5.69 Å². The lowest BCUT2D eigenvalue weighted by molar-refractivity contribution is 0.171. The van der Waals surface area contributed by atoms with Crippen LogP contribution in [0.1, 0.15) is 19.4 Å². The average molecular weight is 286 g/mol.